The molecule has 0 fully saturated rings. The second-order valence-electron chi connectivity index (χ2n) is 6.01. The molecule has 26 heavy (non-hydrogen) atoms. The maximum atomic E-state index is 12.5. The molecule has 0 aliphatic rings. The second-order valence-corrected chi connectivity index (χ2v) is 6.95. The van der Waals surface area contributed by atoms with Crippen LogP contribution in [0, 0.1) is 0 Å². The molecule has 1 atom stereocenters. The SMILES string of the molecule is CCc1nc(COC(=O)[C@H](Cc2c[nH]c3ccccc23)NC(C)=O)cs1. The highest BCUT2D eigenvalue weighted by atomic mass is 32.1. The van der Waals surface area contributed by atoms with Gasteiger partial charge in [-0.15, -0.1) is 11.3 Å². The number of nitrogens with one attached hydrogen (secondary N) is 2. The van der Waals surface area contributed by atoms with E-state index in [9.17, 15) is 9.59 Å². The van der Waals surface area contributed by atoms with Crippen molar-refractivity contribution in [1.29, 1.82) is 0 Å². The minimum absolute atomic E-state index is 0.110. The molecule has 0 bridgehead atoms. The Labute approximate surface area is 155 Å². The van der Waals surface area contributed by atoms with Crippen molar-refractivity contribution in [3.63, 3.8) is 0 Å². The summed E-state index contributed by atoms with van der Waals surface area (Å²) in [5.74, 6) is -0.731. The molecule has 2 heterocycles. The number of esters is 1. The summed E-state index contributed by atoms with van der Waals surface area (Å²) in [4.78, 5) is 31.6. The zero-order valence-corrected chi connectivity index (χ0v) is 15.6. The maximum absolute atomic E-state index is 12.5. The highest BCUT2D eigenvalue weighted by Gasteiger charge is 2.23. The van der Waals surface area contributed by atoms with Gasteiger partial charge in [0.15, 0.2) is 0 Å². The monoisotopic (exact) mass is 371 g/mol. The lowest BCUT2D eigenvalue weighted by Crippen LogP contribution is -2.42. The van der Waals surface area contributed by atoms with Crippen molar-refractivity contribution in [3.05, 3.63) is 52.1 Å². The summed E-state index contributed by atoms with van der Waals surface area (Å²) < 4.78 is 5.39. The minimum Gasteiger partial charge on any atom is -0.458 e. The van der Waals surface area contributed by atoms with Crippen LogP contribution in [0.4, 0.5) is 0 Å². The van der Waals surface area contributed by atoms with Crippen LogP contribution in [0.3, 0.4) is 0 Å². The van der Waals surface area contributed by atoms with Crippen LogP contribution < -0.4 is 5.32 Å². The molecule has 136 valence electrons. The Morgan fingerprint density at radius 3 is 2.88 bits per heavy atom. The van der Waals surface area contributed by atoms with E-state index in [1.165, 1.54) is 6.92 Å². The average Bonchev–Trinajstić information content (AvgIpc) is 3.26. The number of para-hydroxylation sites is 1. The van der Waals surface area contributed by atoms with Gasteiger partial charge in [0.25, 0.3) is 0 Å². The third-order valence-corrected chi connectivity index (χ3v) is 5.07. The molecule has 0 saturated heterocycles. The summed E-state index contributed by atoms with van der Waals surface area (Å²) in [5.41, 5.74) is 2.68. The van der Waals surface area contributed by atoms with Gasteiger partial charge in [-0.2, -0.15) is 0 Å². The number of aryl methyl sites for hydroxylation is 1. The first-order chi connectivity index (χ1) is 12.6. The number of carbonyl (C=O) groups is 2. The van der Waals surface area contributed by atoms with E-state index in [1.807, 2.05) is 42.8 Å². The van der Waals surface area contributed by atoms with Crippen molar-refractivity contribution in [1.82, 2.24) is 15.3 Å². The number of benzene rings is 1. The number of amides is 1. The van der Waals surface area contributed by atoms with Crippen molar-refractivity contribution in [2.75, 3.05) is 0 Å². The zero-order valence-electron chi connectivity index (χ0n) is 14.7. The number of hydrogen-bond donors (Lipinski definition) is 2. The Bertz CT molecular complexity index is 916. The fourth-order valence-corrected chi connectivity index (χ4v) is 3.51. The molecule has 6 nitrogen and oxygen atoms in total. The smallest absolute Gasteiger partial charge is 0.329 e. The number of ether oxygens (including phenoxy) is 1. The topological polar surface area (TPSA) is 84.1 Å². The summed E-state index contributed by atoms with van der Waals surface area (Å²) in [6, 6.07) is 7.10. The highest BCUT2D eigenvalue weighted by Crippen LogP contribution is 2.19. The Balaban J connectivity index is 1.70. The first-order valence-electron chi connectivity index (χ1n) is 8.48. The van der Waals surface area contributed by atoms with Crippen LogP contribution in [0.25, 0.3) is 10.9 Å². The van der Waals surface area contributed by atoms with E-state index in [4.69, 9.17) is 4.74 Å². The lowest BCUT2D eigenvalue weighted by molar-refractivity contribution is -0.149. The summed E-state index contributed by atoms with van der Waals surface area (Å²) in [7, 11) is 0. The number of aromatic amines is 1. The van der Waals surface area contributed by atoms with E-state index in [-0.39, 0.29) is 12.5 Å². The number of H-pyrrole nitrogens is 1. The van der Waals surface area contributed by atoms with Crippen LogP contribution >= 0.6 is 11.3 Å². The van der Waals surface area contributed by atoms with Gasteiger partial charge in [0.05, 0.1) is 10.7 Å². The number of carbonyl (C=O) groups excluding carboxylic acids is 2. The molecular formula is C19H21N3O3S. The Morgan fingerprint density at radius 1 is 1.35 bits per heavy atom. The maximum Gasteiger partial charge on any atom is 0.329 e. The van der Waals surface area contributed by atoms with Crippen LogP contribution in [0.1, 0.15) is 30.1 Å². The fraction of sp³-hybridized carbons (Fsp3) is 0.316. The molecule has 2 aromatic heterocycles. The molecule has 3 rings (SSSR count). The quantitative estimate of drug-likeness (QED) is 0.626. The highest BCUT2D eigenvalue weighted by molar-refractivity contribution is 7.09. The van der Waals surface area contributed by atoms with E-state index >= 15 is 0 Å². The molecule has 0 unspecified atom stereocenters. The van der Waals surface area contributed by atoms with Crippen molar-refractivity contribution >= 4 is 34.1 Å². The number of thiazole rings is 1. The van der Waals surface area contributed by atoms with Gasteiger partial charge in [0.1, 0.15) is 12.6 Å². The predicted octanol–water partition coefficient (Wildman–Crippen LogP) is 2.98. The van der Waals surface area contributed by atoms with Gasteiger partial charge in [0, 0.05) is 35.8 Å². The van der Waals surface area contributed by atoms with E-state index in [0.717, 1.165) is 33.6 Å². The van der Waals surface area contributed by atoms with Crippen LogP contribution in [0.5, 0.6) is 0 Å². The normalized spacial score (nSPS) is 12.1. The van der Waals surface area contributed by atoms with Crippen LogP contribution in [0.15, 0.2) is 35.8 Å². The van der Waals surface area contributed by atoms with E-state index < -0.39 is 12.0 Å². The number of hydrogen-bond acceptors (Lipinski definition) is 5. The Morgan fingerprint density at radius 2 is 2.15 bits per heavy atom. The molecule has 3 aromatic rings. The fourth-order valence-electron chi connectivity index (χ4n) is 2.78. The van der Waals surface area contributed by atoms with E-state index in [1.54, 1.807) is 11.3 Å². The Kier molecular flexibility index (Phi) is 5.68. The van der Waals surface area contributed by atoms with Crippen LogP contribution in [0.2, 0.25) is 0 Å². The molecule has 7 heteroatoms. The van der Waals surface area contributed by atoms with E-state index in [2.05, 4.69) is 15.3 Å². The van der Waals surface area contributed by atoms with Crippen LogP contribution in [-0.2, 0) is 33.8 Å². The number of rotatable bonds is 7. The number of aromatic nitrogens is 2. The van der Waals surface area contributed by atoms with Crippen LogP contribution in [-0.4, -0.2) is 27.9 Å². The summed E-state index contributed by atoms with van der Waals surface area (Å²) >= 11 is 1.55. The van der Waals surface area contributed by atoms with Gasteiger partial charge in [-0.1, -0.05) is 25.1 Å². The van der Waals surface area contributed by atoms with E-state index in [0.29, 0.717) is 6.42 Å². The molecule has 0 aliphatic carbocycles. The molecule has 0 spiro atoms. The van der Waals surface area contributed by atoms with Crippen molar-refractivity contribution in [2.24, 2.45) is 0 Å². The molecule has 0 aliphatic heterocycles. The van der Waals surface area contributed by atoms with Crippen molar-refractivity contribution < 1.29 is 14.3 Å². The van der Waals surface area contributed by atoms with Crippen molar-refractivity contribution in [3.8, 4) is 0 Å². The zero-order chi connectivity index (χ0) is 18.5. The van der Waals surface area contributed by atoms with Crippen molar-refractivity contribution in [2.45, 2.75) is 39.3 Å². The number of fused-ring (bicyclic) bond motifs is 1. The second kappa shape index (κ2) is 8.14. The molecule has 1 aromatic carbocycles. The summed E-state index contributed by atoms with van der Waals surface area (Å²) in [5, 5.41) is 6.62. The predicted molar refractivity (Wildman–Crippen MR) is 101 cm³/mol. The first-order valence-corrected chi connectivity index (χ1v) is 9.36. The first kappa shape index (κ1) is 18.1. The lowest BCUT2D eigenvalue weighted by atomic mass is 10.0. The lowest BCUT2D eigenvalue weighted by Gasteiger charge is -2.16. The molecule has 2 N–H and O–H groups in total. The molecular weight excluding hydrogens is 350 g/mol. The molecule has 1 amide bonds. The largest absolute Gasteiger partial charge is 0.458 e. The minimum atomic E-state index is -0.740. The Hall–Kier alpha value is -2.67. The van der Waals surface area contributed by atoms with Gasteiger partial charge in [-0.3, -0.25) is 4.79 Å². The third kappa shape index (κ3) is 4.29. The van der Waals surface area contributed by atoms with Gasteiger partial charge in [0.2, 0.25) is 5.91 Å². The molecule has 0 radical (unpaired) electrons. The summed E-state index contributed by atoms with van der Waals surface area (Å²) in [6.07, 6.45) is 3.08. The third-order valence-electron chi connectivity index (χ3n) is 4.03. The van der Waals surface area contributed by atoms with Gasteiger partial charge < -0.3 is 15.0 Å². The standard InChI is InChI=1S/C19H21N3O3S/c1-3-18-22-14(11-26-18)10-25-19(24)17(21-12(2)23)8-13-9-20-16-7-5-4-6-15(13)16/h4-7,9,11,17,20H,3,8,10H2,1-2H3,(H,21,23)/t17-/m0/s1. The number of nitrogens with zero attached hydrogens (tertiary/aromatic N) is 1. The van der Waals surface area contributed by atoms with Gasteiger partial charge in [-0.05, 0) is 18.1 Å². The average molecular weight is 371 g/mol. The molecule has 0 saturated carbocycles. The summed E-state index contributed by atoms with van der Waals surface area (Å²) in [6.45, 7) is 3.53. The van der Waals surface area contributed by atoms with Gasteiger partial charge >= 0.3 is 5.97 Å². The van der Waals surface area contributed by atoms with Gasteiger partial charge in [-0.25, -0.2) is 9.78 Å².